The van der Waals surface area contributed by atoms with Crippen molar-refractivity contribution in [2.24, 2.45) is 0 Å². The Morgan fingerprint density at radius 2 is 2.00 bits per heavy atom. The molecule has 0 aliphatic carbocycles. The Kier molecular flexibility index (Phi) is 4.52. The summed E-state index contributed by atoms with van der Waals surface area (Å²) in [5.74, 6) is 0.791. The maximum absolute atomic E-state index is 6.38. The lowest BCUT2D eigenvalue weighted by Crippen LogP contribution is -2.44. The van der Waals surface area contributed by atoms with E-state index in [1.165, 1.54) is 0 Å². The zero-order chi connectivity index (χ0) is 15.7. The molecule has 1 aromatic carbocycles. The van der Waals surface area contributed by atoms with E-state index in [0.717, 1.165) is 41.9 Å². The number of hydrogen-bond acceptors (Lipinski definition) is 4. The molecule has 3 rings (SSSR count). The fraction of sp³-hybridized carbons (Fsp3) is 0.471. The van der Waals surface area contributed by atoms with Gasteiger partial charge in [0.25, 0.3) is 0 Å². The van der Waals surface area contributed by atoms with Gasteiger partial charge in [-0.05, 0) is 32.0 Å². The normalized spacial score (nSPS) is 22.9. The molecule has 1 aromatic heterocycles. The molecule has 1 aliphatic heterocycles. The summed E-state index contributed by atoms with van der Waals surface area (Å²) < 4.78 is 11.0. The van der Waals surface area contributed by atoms with E-state index in [9.17, 15) is 0 Å². The average Bonchev–Trinajstić information content (AvgIpc) is 2.46. The van der Waals surface area contributed by atoms with Crippen LogP contribution in [0.2, 0.25) is 5.15 Å². The maximum Gasteiger partial charge on any atom is 0.134 e. The Bertz CT molecular complexity index is 667. The molecule has 2 atom stereocenters. The van der Waals surface area contributed by atoms with Crippen LogP contribution in [-0.4, -0.2) is 42.3 Å². The molecule has 4 nitrogen and oxygen atoms in total. The molecule has 0 saturated carbocycles. The van der Waals surface area contributed by atoms with Crippen LogP contribution in [0.15, 0.2) is 24.3 Å². The van der Waals surface area contributed by atoms with Crippen LogP contribution < -0.4 is 4.74 Å². The number of halogens is 1. The van der Waals surface area contributed by atoms with Crippen molar-refractivity contribution >= 4 is 22.5 Å². The minimum absolute atomic E-state index is 0.250. The molecule has 5 heteroatoms. The number of benzene rings is 1. The standard InChI is InChI=1S/C17H21ClN2O2/c1-11-8-20(9-12(2)22-11)10-14-6-13-4-5-15(21-3)7-16(13)19-17(14)18/h4-7,11-12H,8-10H2,1-3H3/t11-,12-/m1/s1. The van der Waals surface area contributed by atoms with Gasteiger partial charge in [-0.25, -0.2) is 4.98 Å². The van der Waals surface area contributed by atoms with Gasteiger partial charge >= 0.3 is 0 Å². The fourth-order valence-corrected chi connectivity index (χ4v) is 3.26. The summed E-state index contributed by atoms with van der Waals surface area (Å²) in [5, 5.41) is 1.64. The lowest BCUT2D eigenvalue weighted by Gasteiger charge is -2.35. The van der Waals surface area contributed by atoms with E-state index in [0.29, 0.717) is 5.15 Å². The highest BCUT2D eigenvalue weighted by molar-refractivity contribution is 6.30. The number of hydrogen-bond donors (Lipinski definition) is 0. The van der Waals surface area contributed by atoms with Crippen LogP contribution in [0.3, 0.4) is 0 Å². The van der Waals surface area contributed by atoms with E-state index < -0.39 is 0 Å². The monoisotopic (exact) mass is 320 g/mol. The average molecular weight is 321 g/mol. The van der Waals surface area contributed by atoms with Gasteiger partial charge in [0.2, 0.25) is 0 Å². The van der Waals surface area contributed by atoms with Gasteiger partial charge in [-0.15, -0.1) is 0 Å². The second-order valence-electron chi connectivity index (χ2n) is 5.95. The van der Waals surface area contributed by atoms with Crippen molar-refractivity contribution in [3.63, 3.8) is 0 Å². The first-order valence-electron chi connectivity index (χ1n) is 7.56. The molecule has 0 N–H and O–H groups in total. The van der Waals surface area contributed by atoms with Gasteiger partial charge in [-0.1, -0.05) is 11.6 Å². The largest absolute Gasteiger partial charge is 0.497 e. The van der Waals surface area contributed by atoms with Gasteiger partial charge in [0, 0.05) is 36.7 Å². The predicted molar refractivity (Wildman–Crippen MR) is 88.6 cm³/mol. The van der Waals surface area contributed by atoms with Crippen molar-refractivity contribution in [3.05, 3.63) is 35.0 Å². The number of pyridine rings is 1. The third kappa shape index (κ3) is 3.35. The van der Waals surface area contributed by atoms with E-state index in [2.05, 4.69) is 29.8 Å². The van der Waals surface area contributed by atoms with Crippen molar-refractivity contribution in [1.82, 2.24) is 9.88 Å². The molecular formula is C17H21ClN2O2. The molecule has 0 radical (unpaired) electrons. The minimum atomic E-state index is 0.250. The van der Waals surface area contributed by atoms with Gasteiger partial charge in [-0.2, -0.15) is 0 Å². The number of rotatable bonds is 3. The third-order valence-electron chi connectivity index (χ3n) is 3.94. The highest BCUT2D eigenvalue weighted by Gasteiger charge is 2.23. The topological polar surface area (TPSA) is 34.6 Å². The molecule has 118 valence electrons. The highest BCUT2D eigenvalue weighted by Crippen LogP contribution is 2.26. The Labute approximate surface area is 136 Å². The van der Waals surface area contributed by atoms with Gasteiger partial charge in [0.1, 0.15) is 10.9 Å². The number of morpholine rings is 1. The summed E-state index contributed by atoms with van der Waals surface area (Å²) >= 11 is 6.38. The quantitative estimate of drug-likeness (QED) is 0.811. The number of aromatic nitrogens is 1. The fourth-order valence-electron chi connectivity index (χ4n) is 3.06. The Hall–Kier alpha value is -1.36. The molecule has 1 fully saturated rings. The van der Waals surface area contributed by atoms with Crippen molar-refractivity contribution in [2.75, 3.05) is 20.2 Å². The van der Waals surface area contributed by atoms with Crippen LogP contribution in [0.25, 0.3) is 10.9 Å². The second-order valence-corrected chi connectivity index (χ2v) is 6.31. The van der Waals surface area contributed by atoms with Gasteiger partial charge in [0.05, 0.1) is 24.8 Å². The predicted octanol–water partition coefficient (Wildman–Crippen LogP) is 3.51. The van der Waals surface area contributed by atoms with Gasteiger partial charge < -0.3 is 9.47 Å². The number of ether oxygens (including phenoxy) is 2. The Morgan fingerprint density at radius 3 is 2.68 bits per heavy atom. The molecule has 1 aliphatic rings. The van der Waals surface area contributed by atoms with Crippen LogP contribution >= 0.6 is 11.6 Å². The lowest BCUT2D eigenvalue weighted by molar-refractivity contribution is -0.0704. The first kappa shape index (κ1) is 15.5. The Morgan fingerprint density at radius 1 is 1.27 bits per heavy atom. The van der Waals surface area contributed by atoms with Crippen molar-refractivity contribution in [3.8, 4) is 5.75 Å². The van der Waals surface area contributed by atoms with E-state index in [-0.39, 0.29) is 12.2 Å². The number of fused-ring (bicyclic) bond motifs is 1. The van der Waals surface area contributed by atoms with Crippen LogP contribution in [0.5, 0.6) is 5.75 Å². The zero-order valence-corrected chi connectivity index (χ0v) is 13.9. The molecule has 0 unspecified atom stereocenters. The number of methoxy groups -OCH3 is 1. The smallest absolute Gasteiger partial charge is 0.134 e. The first-order valence-corrected chi connectivity index (χ1v) is 7.94. The molecule has 0 amide bonds. The van der Waals surface area contributed by atoms with E-state index in [4.69, 9.17) is 21.1 Å². The lowest BCUT2D eigenvalue weighted by atomic mass is 10.1. The minimum Gasteiger partial charge on any atom is -0.497 e. The maximum atomic E-state index is 6.38. The molecule has 0 spiro atoms. The van der Waals surface area contributed by atoms with E-state index in [1.54, 1.807) is 7.11 Å². The second kappa shape index (κ2) is 6.41. The van der Waals surface area contributed by atoms with Gasteiger partial charge in [-0.3, -0.25) is 4.90 Å². The molecule has 0 bridgehead atoms. The first-order chi connectivity index (χ1) is 10.5. The summed E-state index contributed by atoms with van der Waals surface area (Å²) in [6.45, 7) is 6.85. The highest BCUT2D eigenvalue weighted by atomic mass is 35.5. The summed E-state index contributed by atoms with van der Waals surface area (Å²) in [6.07, 6.45) is 0.500. The van der Waals surface area contributed by atoms with Crippen LogP contribution in [-0.2, 0) is 11.3 Å². The van der Waals surface area contributed by atoms with E-state index in [1.807, 2.05) is 18.2 Å². The summed E-state index contributed by atoms with van der Waals surface area (Å²) in [6, 6.07) is 7.99. The summed E-state index contributed by atoms with van der Waals surface area (Å²) in [5.41, 5.74) is 1.91. The van der Waals surface area contributed by atoms with Crippen molar-refractivity contribution in [1.29, 1.82) is 0 Å². The van der Waals surface area contributed by atoms with Crippen molar-refractivity contribution in [2.45, 2.75) is 32.6 Å². The molecule has 2 aromatic rings. The third-order valence-corrected chi connectivity index (χ3v) is 4.27. The van der Waals surface area contributed by atoms with Crippen molar-refractivity contribution < 1.29 is 9.47 Å². The molecule has 2 heterocycles. The number of nitrogens with zero attached hydrogens (tertiary/aromatic N) is 2. The SMILES string of the molecule is COc1ccc2cc(CN3C[C@@H](C)O[C@H](C)C3)c(Cl)nc2c1. The summed E-state index contributed by atoms with van der Waals surface area (Å²) in [4.78, 5) is 6.89. The van der Waals surface area contributed by atoms with Crippen LogP contribution in [0.1, 0.15) is 19.4 Å². The molecule has 22 heavy (non-hydrogen) atoms. The molecular weight excluding hydrogens is 300 g/mol. The summed E-state index contributed by atoms with van der Waals surface area (Å²) in [7, 11) is 1.65. The van der Waals surface area contributed by atoms with Crippen LogP contribution in [0.4, 0.5) is 0 Å². The van der Waals surface area contributed by atoms with Crippen LogP contribution in [0, 0.1) is 0 Å². The van der Waals surface area contributed by atoms with E-state index >= 15 is 0 Å². The molecule has 1 saturated heterocycles. The Balaban J connectivity index is 1.86. The zero-order valence-electron chi connectivity index (χ0n) is 13.2. The van der Waals surface area contributed by atoms with Gasteiger partial charge in [0.15, 0.2) is 0 Å².